The molecule has 0 radical (unpaired) electrons. The van der Waals surface area contributed by atoms with Crippen molar-refractivity contribution in [3.63, 3.8) is 0 Å². The van der Waals surface area contributed by atoms with Gasteiger partial charge in [0, 0.05) is 0 Å². The monoisotopic (exact) mass is 485 g/mol. The number of aromatic nitrogens is 1. The number of thiazole rings is 1. The lowest BCUT2D eigenvalue weighted by atomic mass is 10.1. The van der Waals surface area contributed by atoms with Crippen molar-refractivity contribution in [1.29, 1.82) is 0 Å². The fourth-order valence-corrected chi connectivity index (χ4v) is 5.10. The van der Waals surface area contributed by atoms with Crippen LogP contribution in [0.3, 0.4) is 0 Å². The van der Waals surface area contributed by atoms with Crippen molar-refractivity contribution < 1.29 is 14.3 Å². The van der Waals surface area contributed by atoms with Crippen molar-refractivity contribution in [2.24, 2.45) is 0 Å². The number of hydrogen-bond donors (Lipinski definition) is 2. The maximum absolute atomic E-state index is 13.0. The highest BCUT2D eigenvalue weighted by Gasteiger charge is 2.22. The average Bonchev–Trinajstić information content (AvgIpc) is 3.41. The summed E-state index contributed by atoms with van der Waals surface area (Å²) in [5.74, 6) is -0.399. The Hall–Kier alpha value is -2.55. The van der Waals surface area contributed by atoms with E-state index >= 15 is 0 Å². The third-order valence-electron chi connectivity index (χ3n) is 5.03. The molecule has 33 heavy (non-hydrogen) atoms. The number of ether oxygens (including phenoxy) is 1. The van der Waals surface area contributed by atoms with Gasteiger partial charge in [-0.3, -0.25) is 9.59 Å². The predicted molar refractivity (Wildman–Crippen MR) is 136 cm³/mol. The maximum Gasteiger partial charge on any atom is 0.248 e. The minimum Gasteiger partial charge on any atom is -0.374 e. The molecule has 2 amide bonds. The summed E-state index contributed by atoms with van der Waals surface area (Å²) in [6, 6.07) is 9.41. The number of carbonyl (C=O) groups is 2. The quantitative estimate of drug-likeness (QED) is 0.372. The third kappa shape index (κ3) is 7.22. The number of carbonyl (C=O) groups excluding carboxylic acids is 2. The molecule has 176 valence electrons. The first-order valence-electron chi connectivity index (χ1n) is 11.2. The number of anilines is 1. The molecule has 1 atom stereocenters. The van der Waals surface area contributed by atoms with Crippen LogP contribution in [-0.2, 0) is 27.4 Å². The fraction of sp³-hybridized carbons (Fsp3) is 0.400. The zero-order valence-electron chi connectivity index (χ0n) is 19.5. The SMILES string of the molecule is CCC[C@H](NC(=O)Cc1ccsc1)C(=O)Nc1nc(C)c(-c2ccccc2COC(C)C)s1. The molecule has 6 nitrogen and oxygen atoms in total. The van der Waals surface area contributed by atoms with Crippen LogP contribution in [0.4, 0.5) is 5.13 Å². The van der Waals surface area contributed by atoms with E-state index in [2.05, 4.69) is 27.8 Å². The Labute approximate surface area is 203 Å². The molecular weight excluding hydrogens is 454 g/mol. The molecule has 0 unspecified atom stereocenters. The largest absolute Gasteiger partial charge is 0.374 e. The van der Waals surface area contributed by atoms with Gasteiger partial charge in [-0.25, -0.2) is 4.98 Å². The summed E-state index contributed by atoms with van der Waals surface area (Å²) in [6.45, 7) is 8.47. The van der Waals surface area contributed by atoms with Crippen LogP contribution in [0, 0.1) is 6.92 Å². The van der Waals surface area contributed by atoms with Crippen molar-refractivity contribution in [1.82, 2.24) is 10.3 Å². The highest BCUT2D eigenvalue weighted by atomic mass is 32.1. The molecule has 8 heteroatoms. The summed E-state index contributed by atoms with van der Waals surface area (Å²) < 4.78 is 5.81. The third-order valence-corrected chi connectivity index (χ3v) is 6.87. The normalized spacial score (nSPS) is 12.0. The van der Waals surface area contributed by atoms with Crippen LogP contribution in [0.15, 0.2) is 41.1 Å². The van der Waals surface area contributed by atoms with Gasteiger partial charge in [0.2, 0.25) is 11.8 Å². The van der Waals surface area contributed by atoms with Gasteiger partial charge in [0.15, 0.2) is 5.13 Å². The van der Waals surface area contributed by atoms with Crippen LogP contribution >= 0.6 is 22.7 Å². The van der Waals surface area contributed by atoms with E-state index in [0.717, 1.165) is 33.7 Å². The van der Waals surface area contributed by atoms with Crippen molar-refractivity contribution in [3.8, 4) is 10.4 Å². The molecule has 0 aliphatic rings. The zero-order valence-corrected chi connectivity index (χ0v) is 21.1. The molecule has 1 aromatic carbocycles. The maximum atomic E-state index is 13.0. The van der Waals surface area contributed by atoms with Gasteiger partial charge < -0.3 is 15.4 Å². The number of nitrogens with one attached hydrogen (secondary N) is 2. The summed E-state index contributed by atoms with van der Waals surface area (Å²) in [6.07, 6.45) is 1.75. The Kier molecular flexibility index (Phi) is 9.17. The highest BCUT2D eigenvalue weighted by molar-refractivity contribution is 7.19. The Bertz CT molecular complexity index is 1060. The summed E-state index contributed by atoms with van der Waals surface area (Å²) in [7, 11) is 0. The molecule has 2 N–H and O–H groups in total. The van der Waals surface area contributed by atoms with Crippen LogP contribution < -0.4 is 10.6 Å². The molecule has 0 saturated carbocycles. The minimum atomic E-state index is -0.597. The first-order chi connectivity index (χ1) is 15.9. The number of thiophene rings is 1. The van der Waals surface area contributed by atoms with E-state index < -0.39 is 6.04 Å². The fourth-order valence-electron chi connectivity index (χ4n) is 3.40. The lowest BCUT2D eigenvalue weighted by molar-refractivity contribution is -0.126. The Morgan fingerprint density at radius 2 is 1.97 bits per heavy atom. The second-order valence-corrected chi connectivity index (χ2v) is 9.94. The van der Waals surface area contributed by atoms with Gasteiger partial charge in [-0.05, 0) is 60.7 Å². The molecule has 2 aromatic heterocycles. The summed E-state index contributed by atoms with van der Waals surface area (Å²) >= 11 is 2.99. The number of nitrogens with zero attached hydrogens (tertiary/aromatic N) is 1. The molecule has 2 heterocycles. The molecule has 3 rings (SSSR count). The molecule has 0 fully saturated rings. The minimum absolute atomic E-state index is 0.140. The van der Waals surface area contributed by atoms with Gasteiger partial charge in [0.25, 0.3) is 0 Å². The zero-order chi connectivity index (χ0) is 23.8. The first kappa shape index (κ1) is 25.1. The summed E-state index contributed by atoms with van der Waals surface area (Å²) in [4.78, 5) is 31.0. The molecular formula is C25H31N3O3S2. The molecule has 0 aliphatic carbocycles. The van der Waals surface area contributed by atoms with Crippen molar-refractivity contribution in [2.45, 2.75) is 65.7 Å². The first-order valence-corrected chi connectivity index (χ1v) is 12.9. The van der Waals surface area contributed by atoms with Crippen molar-refractivity contribution in [2.75, 3.05) is 5.32 Å². The summed E-state index contributed by atoms with van der Waals surface area (Å²) in [5.41, 5.74) is 3.94. The van der Waals surface area contributed by atoms with Crippen molar-refractivity contribution >= 4 is 39.6 Å². The van der Waals surface area contributed by atoms with E-state index in [4.69, 9.17) is 4.74 Å². The van der Waals surface area contributed by atoms with E-state index in [-0.39, 0.29) is 24.3 Å². The van der Waals surface area contributed by atoms with Gasteiger partial charge >= 0.3 is 0 Å². The van der Waals surface area contributed by atoms with E-state index in [1.807, 2.05) is 56.7 Å². The molecule has 0 saturated heterocycles. The van der Waals surface area contributed by atoms with Gasteiger partial charge in [0.05, 0.1) is 29.7 Å². The standard InChI is InChI=1S/C25H31N3O3S2/c1-5-8-21(27-22(29)13-18-11-12-32-15-18)24(30)28-25-26-17(4)23(33-25)20-10-7-6-9-19(20)14-31-16(2)3/h6-7,9-12,15-16,21H,5,8,13-14H2,1-4H3,(H,27,29)(H,26,28,30)/t21-/m0/s1. The van der Waals surface area contributed by atoms with Crippen LogP contribution in [-0.4, -0.2) is 28.9 Å². The van der Waals surface area contributed by atoms with Gasteiger partial charge in [-0.1, -0.05) is 48.9 Å². The summed E-state index contributed by atoms with van der Waals surface area (Å²) in [5, 5.41) is 10.2. The molecule has 3 aromatic rings. The van der Waals surface area contributed by atoms with E-state index in [9.17, 15) is 9.59 Å². The second-order valence-electron chi connectivity index (χ2n) is 8.16. The molecule has 0 aliphatic heterocycles. The van der Waals surface area contributed by atoms with Crippen LogP contribution in [0.1, 0.15) is 50.4 Å². The van der Waals surface area contributed by atoms with Gasteiger partial charge in [-0.2, -0.15) is 11.3 Å². The van der Waals surface area contributed by atoms with Gasteiger partial charge in [-0.15, -0.1) is 0 Å². The Balaban J connectivity index is 1.71. The smallest absolute Gasteiger partial charge is 0.248 e. The number of aryl methyl sites for hydroxylation is 1. The van der Waals surface area contributed by atoms with Crippen LogP contribution in [0.5, 0.6) is 0 Å². The lowest BCUT2D eigenvalue weighted by Crippen LogP contribution is -2.44. The Morgan fingerprint density at radius 3 is 2.67 bits per heavy atom. The van der Waals surface area contributed by atoms with Crippen LogP contribution in [0.2, 0.25) is 0 Å². The predicted octanol–water partition coefficient (Wildman–Crippen LogP) is 5.57. The van der Waals surface area contributed by atoms with E-state index in [1.165, 1.54) is 11.3 Å². The topological polar surface area (TPSA) is 80.3 Å². The number of amides is 2. The average molecular weight is 486 g/mol. The van der Waals surface area contributed by atoms with Gasteiger partial charge in [0.1, 0.15) is 6.04 Å². The lowest BCUT2D eigenvalue weighted by Gasteiger charge is -2.17. The number of benzene rings is 1. The molecule has 0 bridgehead atoms. The molecule has 0 spiro atoms. The number of hydrogen-bond acceptors (Lipinski definition) is 6. The van der Waals surface area contributed by atoms with Crippen molar-refractivity contribution in [3.05, 3.63) is 57.9 Å². The van der Waals surface area contributed by atoms with Crippen LogP contribution in [0.25, 0.3) is 10.4 Å². The van der Waals surface area contributed by atoms with E-state index in [0.29, 0.717) is 18.2 Å². The number of rotatable bonds is 11. The second kappa shape index (κ2) is 12.1. The Morgan fingerprint density at radius 1 is 1.18 bits per heavy atom. The van der Waals surface area contributed by atoms with E-state index in [1.54, 1.807) is 11.3 Å². The highest BCUT2D eigenvalue weighted by Crippen LogP contribution is 2.35.